The summed E-state index contributed by atoms with van der Waals surface area (Å²) in [5.74, 6) is -1.56. The molecule has 0 spiro atoms. The van der Waals surface area contributed by atoms with E-state index in [0.29, 0.717) is 33.2 Å². The molecule has 0 atom stereocenters. The van der Waals surface area contributed by atoms with Gasteiger partial charge < -0.3 is 10.3 Å². The summed E-state index contributed by atoms with van der Waals surface area (Å²) < 4.78 is 30.8. The van der Waals surface area contributed by atoms with Gasteiger partial charge in [0, 0.05) is 46.6 Å². The fraction of sp³-hybridized carbons (Fsp3) is 0.0714. The number of halogens is 3. The molecule has 6 aromatic rings. The fourth-order valence-corrected chi connectivity index (χ4v) is 4.87. The Balaban J connectivity index is 0.00000353. The summed E-state index contributed by atoms with van der Waals surface area (Å²) in [6.07, 6.45) is 4.84. The van der Waals surface area contributed by atoms with E-state index in [1.807, 2.05) is 6.92 Å². The van der Waals surface area contributed by atoms with Crippen molar-refractivity contribution in [1.82, 2.24) is 29.5 Å². The monoisotopic (exact) mass is 606 g/mol. The number of H-pyrrole nitrogens is 1. The van der Waals surface area contributed by atoms with Crippen LogP contribution >= 0.6 is 23.7 Å². The number of aromatic nitrogens is 6. The number of nitrogens with one attached hydrogen (secondary N) is 3. The van der Waals surface area contributed by atoms with E-state index in [4.69, 9.17) is 4.98 Å². The molecule has 2 aromatic carbocycles. The number of carbonyl (C=O) groups excluding carboxylic acids is 1. The number of aryl methyl sites for hydroxylation is 1. The first-order valence-electron chi connectivity index (χ1n) is 12.3. The number of hydrogen-bond acceptors (Lipinski definition) is 8. The Kier molecular flexibility index (Phi) is 8.04. The maximum absolute atomic E-state index is 14.9. The van der Waals surface area contributed by atoms with Crippen LogP contribution in [0.4, 0.5) is 19.9 Å². The molecular weight excluding hydrogens is 586 g/mol. The standard InChI is InChI=1S/C28H20F2N8O2S.ClH/c1-15-5-6-16(26(40)37-28-33-11-12-41-28)13-18(15)23-17-7-8-22(39)38(24-19(29)3-2-4-20(24)30)25(17)36-27(35-23)34-14-21-31-9-10-32-21;/h2-13H,14H2,1H3,(H,31,32)(H,33,37,40)(H,34,35,36);1H. The molecule has 0 aliphatic rings. The Bertz CT molecular complexity index is 1940. The number of pyridine rings is 1. The fourth-order valence-electron chi connectivity index (χ4n) is 4.35. The molecule has 4 aromatic heterocycles. The van der Waals surface area contributed by atoms with Gasteiger partial charge in [-0.25, -0.2) is 23.7 Å². The van der Waals surface area contributed by atoms with Gasteiger partial charge in [-0.2, -0.15) is 4.98 Å². The maximum atomic E-state index is 14.9. The van der Waals surface area contributed by atoms with Crippen LogP contribution in [0.1, 0.15) is 21.7 Å². The normalized spacial score (nSPS) is 10.8. The molecule has 1 amide bonds. The number of imidazole rings is 1. The van der Waals surface area contributed by atoms with Crippen molar-refractivity contribution in [3.8, 4) is 16.9 Å². The Morgan fingerprint density at radius 3 is 2.57 bits per heavy atom. The van der Waals surface area contributed by atoms with Gasteiger partial charge in [0.05, 0.1) is 12.2 Å². The molecule has 10 nitrogen and oxygen atoms in total. The summed E-state index contributed by atoms with van der Waals surface area (Å²) in [5.41, 5.74) is 0.752. The van der Waals surface area contributed by atoms with Crippen molar-refractivity contribution in [3.63, 3.8) is 0 Å². The zero-order valence-electron chi connectivity index (χ0n) is 21.8. The lowest BCUT2D eigenvalue weighted by Gasteiger charge is -2.16. The van der Waals surface area contributed by atoms with E-state index in [2.05, 4.69) is 30.6 Å². The lowest BCUT2D eigenvalue weighted by Crippen LogP contribution is -2.21. The molecule has 0 saturated carbocycles. The topological polar surface area (TPSA) is 130 Å². The van der Waals surface area contributed by atoms with Gasteiger partial charge in [0.1, 0.15) is 23.1 Å². The molecule has 0 unspecified atom stereocenters. The number of thiazole rings is 1. The second kappa shape index (κ2) is 11.8. The van der Waals surface area contributed by atoms with Crippen LogP contribution in [0.5, 0.6) is 0 Å². The summed E-state index contributed by atoms with van der Waals surface area (Å²) in [6, 6.07) is 11.1. The molecule has 0 aliphatic carbocycles. The second-order valence-corrected chi connectivity index (χ2v) is 9.82. The van der Waals surface area contributed by atoms with Crippen molar-refractivity contribution in [1.29, 1.82) is 0 Å². The highest BCUT2D eigenvalue weighted by Gasteiger charge is 2.21. The van der Waals surface area contributed by atoms with Crippen LogP contribution in [0.3, 0.4) is 0 Å². The van der Waals surface area contributed by atoms with Gasteiger partial charge >= 0.3 is 0 Å². The number of rotatable bonds is 7. The zero-order valence-corrected chi connectivity index (χ0v) is 23.4. The summed E-state index contributed by atoms with van der Waals surface area (Å²) in [6.45, 7) is 2.05. The van der Waals surface area contributed by atoms with Crippen molar-refractivity contribution < 1.29 is 13.6 Å². The minimum atomic E-state index is -0.929. The highest BCUT2D eigenvalue weighted by molar-refractivity contribution is 7.13. The van der Waals surface area contributed by atoms with Crippen LogP contribution in [0.25, 0.3) is 28.0 Å². The van der Waals surface area contributed by atoms with E-state index in [-0.39, 0.29) is 36.5 Å². The largest absolute Gasteiger partial charge is 0.347 e. The molecule has 6 rings (SSSR count). The molecule has 0 saturated heterocycles. The van der Waals surface area contributed by atoms with Crippen molar-refractivity contribution in [3.05, 3.63) is 111 Å². The Morgan fingerprint density at radius 1 is 1.05 bits per heavy atom. The van der Waals surface area contributed by atoms with Gasteiger partial charge in [0.2, 0.25) is 5.95 Å². The summed E-state index contributed by atoms with van der Waals surface area (Å²) >= 11 is 1.29. The number of para-hydroxylation sites is 1. The van der Waals surface area contributed by atoms with E-state index in [9.17, 15) is 18.4 Å². The number of hydrogen-bond donors (Lipinski definition) is 3. The molecule has 3 N–H and O–H groups in total. The van der Waals surface area contributed by atoms with Crippen LogP contribution in [0, 0.1) is 18.6 Å². The average Bonchev–Trinajstić information content (AvgIpc) is 3.67. The smallest absolute Gasteiger partial charge is 0.257 e. The van der Waals surface area contributed by atoms with Gasteiger partial charge in [-0.15, -0.1) is 23.7 Å². The van der Waals surface area contributed by atoms with E-state index >= 15 is 0 Å². The molecule has 42 heavy (non-hydrogen) atoms. The molecule has 0 aliphatic heterocycles. The number of anilines is 2. The van der Waals surface area contributed by atoms with Crippen molar-refractivity contribution in [2.24, 2.45) is 0 Å². The van der Waals surface area contributed by atoms with Gasteiger partial charge in [-0.05, 0) is 42.8 Å². The predicted octanol–water partition coefficient (Wildman–Crippen LogP) is 5.50. The van der Waals surface area contributed by atoms with Crippen LogP contribution < -0.4 is 16.2 Å². The van der Waals surface area contributed by atoms with Gasteiger partial charge in [0.25, 0.3) is 11.5 Å². The first-order valence-corrected chi connectivity index (χ1v) is 13.2. The molecular formula is C28H21ClF2N8O2S. The highest BCUT2D eigenvalue weighted by atomic mass is 35.5. The van der Waals surface area contributed by atoms with E-state index in [1.54, 1.807) is 42.2 Å². The number of amides is 1. The zero-order chi connectivity index (χ0) is 28.5. The number of nitrogens with zero attached hydrogens (tertiary/aromatic N) is 5. The lowest BCUT2D eigenvalue weighted by molar-refractivity contribution is 0.102. The number of carbonyl (C=O) groups is 1. The third-order valence-electron chi connectivity index (χ3n) is 6.29. The van der Waals surface area contributed by atoms with Crippen LogP contribution in [0.15, 0.2) is 77.3 Å². The average molecular weight is 607 g/mol. The third-order valence-corrected chi connectivity index (χ3v) is 6.98. The van der Waals surface area contributed by atoms with Gasteiger partial charge in [0.15, 0.2) is 10.8 Å². The number of fused-ring (bicyclic) bond motifs is 1. The summed E-state index contributed by atoms with van der Waals surface area (Å²) in [7, 11) is 0. The third kappa shape index (κ3) is 5.47. The van der Waals surface area contributed by atoms with Crippen LogP contribution in [-0.4, -0.2) is 35.4 Å². The van der Waals surface area contributed by atoms with Crippen LogP contribution in [-0.2, 0) is 6.54 Å². The molecule has 4 heterocycles. The molecule has 212 valence electrons. The van der Waals surface area contributed by atoms with Gasteiger partial charge in [-0.3, -0.25) is 19.5 Å². The molecule has 14 heteroatoms. The van der Waals surface area contributed by atoms with Crippen LogP contribution in [0.2, 0.25) is 0 Å². The Morgan fingerprint density at radius 2 is 1.86 bits per heavy atom. The lowest BCUT2D eigenvalue weighted by atomic mass is 9.99. The predicted molar refractivity (Wildman–Crippen MR) is 158 cm³/mol. The SMILES string of the molecule is Cc1ccc(C(=O)Nc2nccs2)cc1-c1nc(NCc2ncc[nH]2)nc2c1ccc(=O)n2-c1c(F)cccc1F.Cl. The Labute approximate surface area is 247 Å². The Hall–Kier alpha value is -5.01. The number of benzene rings is 2. The number of aromatic amines is 1. The molecule has 0 bridgehead atoms. The summed E-state index contributed by atoms with van der Waals surface area (Å²) in [4.78, 5) is 46.5. The van der Waals surface area contributed by atoms with Crippen molar-refractivity contribution in [2.75, 3.05) is 10.6 Å². The highest BCUT2D eigenvalue weighted by Crippen LogP contribution is 2.32. The molecule has 0 fully saturated rings. The van der Waals surface area contributed by atoms with Gasteiger partial charge in [-0.1, -0.05) is 12.1 Å². The first-order chi connectivity index (χ1) is 19.9. The van der Waals surface area contributed by atoms with E-state index in [0.717, 1.165) is 22.3 Å². The quantitative estimate of drug-likeness (QED) is 0.219. The molecule has 0 radical (unpaired) electrons. The maximum Gasteiger partial charge on any atom is 0.257 e. The van der Waals surface area contributed by atoms with E-state index in [1.165, 1.54) is 29.5 Å². The second-order valence-electron chi connectivity index (χ2n) is 8.92. The van der Waals surface area contributed by atoms with E-state index < -0.39 is 22.9 Å². The minimum Gasteiger partial charge on any atom is -0.347 e. The van der Waals surface area contributed by atoms with Crippen molar-refractivity contribution in [2.45, 2.75) is 13.5 Å². The summed E-state index contributed by atoms with van der Waals surface area (Å²) in [5, 5.41) is 8.36. The first kappa shape index (κ1) is 28.5. The minimum absolute atomic E-state index is 0. The van der Waals surface area contributed by atoms with Crippen molar-refractivity contribution >= 4 is 51.8 Å².